The molecule has 0 spiro atoms. The first kappa shape index (κ1) is 15.8. The number of hydrogen-bond acceptors (Lipinski definition) is 5. The van der Waals surface area contributed by atoms with Crippen molar-refractivity contribution in [1.29, 1.82) is 0 Å². The minimum atomic E-state index is 0.0490. The van der Waals surface area contributed by atoms with Crippen molar-refractivity contribution in [3.05, 3.63) is 35.9 Å². The maximum absolute atomic E-state index is 12.0. The molecule has 0 amide bonds. The van der Waals surface area contributed by atoms with Crippen molar-refractivity contribution in [2.75, 3.05) is 19.6 Å². The second kappa shape index (κ2) is 7.48. The number of nitrogens with one attached hydrogen (secondary N) is 3. The van der Waals surface area contributed by atoms with Gasteiger partial charge in [0.1, 0.15) is 5.82 Å². The third-order valence-electron chi connectivity index (χ3n) is 4.23. The summed E-state index contributed by atoms with van der Waals surface area (Å²) in [7, 11) is 0. The second-order valence-electron chi connectivity index (χ2n) is 5.94. The third kappa shape index (κ3) is 4.03. The van der Waals surface area contributed by atoms with Crippen LogP contribution in [0.5, 0.6) is 0 Å². The molecule has 2 aromatic rings. The predicted molar refractivity (Wildman–Crippen MR) is 89.2 cm³/mol. The number of carbonyl (C=O) groups excluding carboxylic acids is 1. The zero-order valence-electron chi connectivity index (χ0n) is 13.4. The number of aromatic nitrogens is 3. The van der Waals surface area contributed by atoms with Crippen LogP contribution in [-0.4, -0.2) is 46.4 Å². The number of imidazole rings is 1. The third-order valence-corrected chi connectivity index (χ3v) is 4.23. The van der Waals surface area contributed by atoms with Crippen molar-refractivity contribution in [3.63, 3.8) is 0 Å². The molecule has 6 heteroatoms. The second-order valence-corrected chi connectivity index (χ2v) is 5.94. The van der Waals surface area contributed by atoms with E-state index in [1.54, 1.807) is 12.4 Å². The van der Waals surface area contributed by atoms with Crippen molar-refractivity contribution in [2.24, 2.45) is 0 Å². The van der Waals surface area contributed by atoms with Crippen molar-refractivity contribution in [3.8, 4) is 11.4 Å². The maximum Gasteiger partial charge on any atom is 0.163 e. The lowest BCUT2D eigenvalue weighted by Crippen LogP contribution is -2.38. The van der Waals surface area contributed by atoms with E-state index in [0.29, 0.717) is 6.54 Å². The van der Waals surface area contributed by atoms with E-state index >= 15 is 0 Å². The first-order valence-electron chi connectivity index (χ1n) is 8.17. The van der Waals surface area contributed by atoms with Crippen LogP contribution in [0.3, 0.4) is 0 Å². The Labute approximate surface area is 136 Å². The fourth-order valence-electron chi connectivity index (χ4n) is 2.89. The summed E-state index contributed by atoms with van der Waals surface area (Å²) in [5.74, 6) is 1.13. The highest BCUT2D eigenvalue weighted by Crippen LogP contribution is 2.17. The van der Waals surface area contributed by atoms with Gasteiger partial charge in [-0.3, -0.25) is 9.78 Å². The molecule has 0 aromatic carbocycles. The molecule has 1 atom stereocenters. The lowest BCUT2D eigenvalue weighted by Gasteiger charge is -2.09. The van der Waals surface area contributed by atoms with Crippen molar-refractivity contribution in [1.82, 2.24) is 25.6 Å². The van der Waals surface area contributed by atoms with E-state index in [9.17, 15) is 4.79 Å². The van der Waals surface area contributed by atoms with Gasteiger partial charge in [0.15, 0.2) is 5.78 Å². The summed E-state index contributed by atoms with van der Waals surface area (Å²) < 4.78 is 0. The van der Waals surface area contributed by atoms with E-state index < -0.39 is 0 Å². The normalized spacial score (nSPS) is 17.5. The van der Waals surface area contributed by atoms with Gasteiger partial charge in [0, 0.05) is 36.6 Å². The first-order valence-corrected chi connectivity index (χ1v) is 8.17. The molecule has 1 fully saturated rings. The molecule has 1 aliphatic rings. The van der Waals surface area contributed by atoms with E-state index in [0.717, 1.165) is 55.1 Å². The van der Waals surface area contributed by atoms with Crippen LogP contribution in [0.15, 0.2) is 24.5 Å². The average Bonchev–Trinajstić information content (AvgIpc) is 3.22. The first-order chi connectivity index (χ1) is 11.2. The SMILES string of the molecule is Cc1[nH]c(-c2ccncc2)nc1CCNCC(=O)[C@@H]1CCCN1. The molecule has 0 unspecified atom stereocenters. The van der Waals surface area contributed by atoms with E-state index in [1.807, 2.05) is 19.1 Å². The number of nitrogens with zero attached hydrogens (tertiary/aromatic N) is 2. The minimum absolute atomic E-state index is 0.0490. The summed E-state index contributed by atoms with van der Waals surface area (Å²) >= 11 is 0. The van der Waals surface area contributed by atoms with Gasteiger partial charge in [0.25, 0.3) is 0 Å². The Kier molecular flexibility index (Phi) is 5.15. The summed E-state index contributed by atoms with van der Waals surface area (Å²) in [4.78, 5) is 23.9. The molecule has 1 saturated heterocycles. The molecule has 3 N–H and O–H groups in total. The van der Waals surface area contributed by atoms with Gasteiger partial charge < -0.3 is 15.6 Å². The maximum atomic E-state index is 12.0. The molecule has 2 aromatic heterocycles. The molecular weight excluding hydrogens is 290 g/mol. The average molecular weight is 313 g/mol. The molecule has 3 heterocycles. The van der Waals surface area contributed by atoms with Crippen molar-refractivity contribution >= 4 is 5.78 Å². The Morgan fingerprint density at radius 3 is 2.96 bits per heavy atom. The van der Waals surface area contributed by atoms with Gasteiger partial charge in [-0.25, -0.2) is 4.98 Å². The fourth-order valence-corrected chi connectivity index (χ4v) is 2.89. The molecule has 0 radical (unpaired) electrons. The van der Waals surface area contributed by atoms with Gasteiger partial charge in [-0.15, -0.1) is 0 Å². The lowest BCUT2D eigenvalue weighted by molar-refractivity contribution is -0.119. The quantitative estimate of drug-likeness (QED) is 0.670. The Morgan fingerprint density at radius 2 is 2.22 bits per heavy atom. The van der Waals surface area contributed by atoms with Gasteiger partial charge in [-0.2, -0.15) is 0 Å². The highest BCUT2D eigenvalue weighted by Gasteiger charge is 2.21. The van der Waals surface area contributed by atoms with Gasteiger partial charge in [-0.1, -0.05) is 0 Å². The number of aryl methyl sites for hydroxylation is 1. The number of ketones is 1. The summed E-state index contributed by atoms with van der Waals surface area (Å²) in [5, 5.41) is 6.47. The number of hydrogen-bond donors (Lipinski definition) is 3. The van der Waals surface area contributed by atoms with Crippen LogP contribution >= 0.6 is 0 Å². The zero-order chi connectivity index (χ0) is 16.1. The summed E-state index contributed by atoms with van der Waals surface area (Å²) in [6, 6.07) is 3.93. The summed E-state index contributed by atoms with van der Waals surface area (Å²) in [5.41, 5.74) is 3.14. The topological polar surface area (TPSA) is 82.7 Å². The van der Waals surface area contributed by atoms with E-state index in [-0.39, 0.29) is 11.8 Å². The molecule has 1 aliphatic heterocycles. The molecular formula is C17H23N5O. The smallest absolute Gasteiger partial charge is 0.163 e. The summed E-state index contributed by atoms with van der Waals surface area (Å²) in [6.07, 6.45) is 6.39. The number of aromatic amines is 1. The van der Waals surface area contributed by atoms with Gasteiger partial charge in [0.2, 0.25) is 0 Å². The molecule has 23 heavy (non-hydrogen) atoms. The van der Waals surface area contributed by atoms with Gasteiger partial charge in [-0.05, 0) is 38.4 Å². The predicted octanol–water partition coefficient (Wildman–Crippen LogP) is 1.23. The standard InChI is InChI=1S/C17H23N5O/c1-12-14(22-17(21-12)13-4-8-18-9-5-13)6-10-19-11-16(23)15-3-2-7-20-15/h4-5,8-9,15,19-20H,2-3,6-7,10-11H2,1H3,(H,21,22)/t15-/m0/s1. The number of carbonyl (C=O) groups is 1. The molecule has 6 nitrogen and oxygen atoms in total. The summed E-state index contributed by atoms with van der Waals surface area (Å²) in [6.45, 7) is 4.17. The van der Waals surface area contributed by atoms with Crippen LogP contribution in [0.2, 0.25) is 0 Å². The molecule has 3 rings (SSSR count). The molecule has 0 aliphatic carbocycles. The van der Waals surface area contributed by atoms with Crippen LogP contribution in [0.1, 0.15) is 24.2 Å². The Balaban J connectivity index is 1.49. The van der Waals surface area contributed by atoms with Crippen LogP contribution in [0, 0.1) is 6.92 Å². The van der Waals surface area contributed by atoms with Crippen LogP contribution in [0.25, 0.3) is 11.4 Å². The highest BCUT2D eigenvalue weighted by molar-refractivity contribution is 5.86. The van der Waals surface area contributed by atoms with E-state index in [2.05, 4.69) is 25.6 Å². The lowest BCUT2D eigenvalue weighted by atomic mass is 10.1. The van der Waals surface area contributed by atoms with Crippen molar-refractivity contribution < 1.29 is 4.79 Å². The Bertz CT molecular complexity index is 646. The number of H-pyrrole nitrogens is 1. The fraction of sp³-hybridized carbons (Fsp3) is 0.471. The van der Waals surface area contributed by atoms with E-state index in [1.165, 1.54) is 0 Å². The van der Waals surface area contributed by atoms with Crippen molar-refractivity contribution in [2.45, 2.75) is 32.2 Å². The van der Waals surface area contributed by atoms with E-state index in [4.69, 9.17) is 0 Å². The Morgan fingerprint density at radius 1 is 1.39 bits per heavy atom. The number of rotatable bonds is 7. The van der Waals surface area contributed by atoms with Gasteiger partial charge in [0.05, 0.1) is 18.3 Å². The monoisotopic (exact) mass is 313 g/mol. The molecule has 0 saturated carbocycles. The van der Waals surface area contributed by atoms with Crippen LogP contribution in [-0.2, 0) is 11.2 Å². The largest absolute Gasteiger partial charge is 0.342 e. The highest BCUT2D eigenvalue weighted by atomic mass is 16.1. The molecule has 122 valence electrons. The van der Waals surface area contributed by atoms with Crippen LogP contribution < -0.4 is 10.6 Å². The van der Waals surface area contributed by atoms with Gasteiger partial charge >= 0.3 is 0 Å². The van der Waals surface area contributed by atoms with Crippen LogP contribution in [0.4, 0.5) is 0 Å². The zero-order valence-corrected chi connectivity index (χ0v) is 13.4. The Hall–Kier alpha value is -2.05. The number of pyridine rings is 1. The minimum Gasteiger partial charge on any atom is -0.342 e. The molecule has 0 bridgehead atoms. The number of Topliss-reactive ketones (excluding diaryl/α,β-unsaturated/α-hetero) is 1.